The quantitative estimate of drug-likeness (QED) is 0.713. The zero-order valence-corrected chi connectivity index (χ0v) is 18.4. The van der Waals surface area contributed by atoms with E-state index < -0.39 is 6.04 Å². The normalized spacial score (nSPS) is 14.5. The van der Waals surface area contributed by atoms with Gasteiger partial charge in [-0.05, 0) is 43.5 Å². The predicted octanol–water partition coefficient (Wildman–Crippen LogP) is 3.52. The monoisotopic (exact) mass is 423 g/mol. The molecule has 1 aliphatic heterocycles. The Balaban J connectivity index is 1.74. The lowest BCUT2D eigenvalue weighted by atomic mass is 10.0. The number of hydrogen-bond donors (Lipinski definition) is 2. The molecular weight excluding hydrogens is 394 g/mol. The van der Waals surface area contributed by atoms with Crippen molar-refractivity contribution in [2.24, 2.45) is 5.92 Å². The maximum atomic E-state index is 12.9. The molecule has 2 aromatic rings. The molecule has 0 aliphatic carbocycles. The Morgan fingerprint density at radius 1 is 1.13 bits per heavy atom. The van der Waals surface area contributed by atoms with E-state index in [1.54, 1.807) is 35.2 Å². The Labute approximate surface area is 182 Å². The fraction of sp³-hybridized carbons (Fsp3) is 0.375. The van der Waals surface area contributed by atoms with E-state index in [1.165, 1.54) is 7.11 Å². The number of nitrogens with one attached hydrogen (secondary N) is 2. The molecule has 1 aliphatic rings. The molecule has 164 valence electrons. The Morgan fingerprint density at radius 2 is 1.90 bits per heavy atom. The topological polar surface area (TPSA) is 87.7 Å². The Kier molecular flexibility index (Phi) is 6.95. The van der Waals surface area contributed by atoms with Gasteiger partial charge in [0.1, 0.15) is 11.8 Å². The minimum atomic E-state index is -0.709. The maximum Gasteiger partial charge on any atom is 0.251 e. The van der Waals surface area contributed by atoms with Gasteiger partial charge < -0.3 is 20.3 Å². The minimum Gasteiger partial charge on any atom is -0.494 e. The number of amides is 3. The SMILES string of the molecule is COc1cc(NC(=O)[C@@H](NC(=O)c2cccc(C)c2)C(C)C)ccc1N1CCCC1=O. The van der Waals surface area contributed by atoms with E-state index in [2.05, 4.69) is 10.6 Å². The van der Waals surface area contributed by atoms with E-state index >= 15 is 0 Å². The third-order valence-corrected chi connectivity index (χ3v) is 5.33. The fourth-order valence-electron chi connectivity index (χ4n) is 3.65. The third kappa shape index (κ3) is 5.23. The van der Waals surface area contributed by atoms with Crippen molar-refractivity contribution in [1.29, 1.82) is 0 Å². The first-order valence-electron chi connectivity index (χ1n) is 10.5. The molecule has 0 saturated carbocycles. The van der Waals surface area contributed by atoms with Crippen molar-refractivity contribution in [3.8, 4) is 5.75 Å². The van der Waals surface area contributed by atoms with Gasteiger partial charge in [0.05, 0.1) is 12.8 Å². The van der Waals surface area contributed by atoms with Crippen LogP contribution in [0.2, 0.25) is 0 Å². The van der Waals surface area contributed by atoms with Crippen LogP contribution in [0.25, 0.3) is 0 Å². The Hall–Kier alpha value is -3.35. The second-order valence-corrected chi connectivity index (χ2v) is 8.09. The summed E-state index contributed by atoms with van der Waals surface area (Å²) in [5.41, 5.74) is 2.71. The molecule has 3 amide bonds. The van der Waals surface area contributed by atoms with Crippen molar-refractivity contribution in [3.63, 3.8) is 0 Å². The molecule has 0 unspecified atom stereocenters. The minimum absolute atomic E-state index is 0.0637. The lowest BCUT2D eigenvalue weighted by Gasteiger charge is -2.23. The van der Waals surface area contributed by atoms with Gasteiger partial charge >= 0.3 is 0 Å². The summed E-state index contributed by atoms with van der Waals surface area (Å²) in [4.78, 5) is 39.4. The number of carbonyl (C=O) groups excluding carboxylic acids is 3. The first-order chi connectivity index (χ1) is 14.8. The highest BCUT2D eigenvalue weighted by molar-refractivity contribution is 6.02. The van der Waals surface area contributed by atoms with Gasteiger partial charge in [-0.25, -0.2) is 0 Å². The summed E-state index contributed by atoms with van der Waals surface area (Å²) in [7, 11) is 1.53. The summed E-state index contributed by atoms with van der Waals surface area (Å²) in [5.74, 6) is -0.148. The van der Waals surface area contributed by atoms with Gasteiger partial charge in [0.25, 0.3) is 5.91 Å². The maximum absolute atomic E-state index is 12.9. The third-order valence-electron chi connectivity index (χ3n) is 5.33. The molecule has 0 aromatic heterocycles. The molecule has 7 nitrogen and oxygen atoms in total. The van der Waals surface area contributed by atoms with Gasteiger partial charge in [0, 0.05) is 30.3 Å². The zero-order chi connectivity index (χ0) is 22.5. The van der Waals surface area contributed by atoms with E-state index in [0.29, 0.717) is 35.7 Å². The molecule has 2 N–H and O–H groups in total. The van der Waals surface area contributed by atoms with E-state index in [0.717, 1.165) is 12.0 Å². The molecule has 1 heterocycles. The van der Waals surface area contributed by atoms with E-state index in [1.807, 2.05) is 32.9 Å². The largest absolute Gasteiger partial charge is 0.494 e. The fourth-order valence-corrected chi connectivity index (χ4v) is 3.65. The Bertz CT molecular complexity index is 987. The zero-order valence-electron chi connectivity index (χ0n) is 18.4. The van der Waals surface area contributed by atoms with Crippen LogP contribution in [-0.4, -0.2) is 37.4 Å². The van der Waals surface area contributed by atoms with Crippen molar-refractivity contribution in [2.75, 3.05) is 23.9 Å². The van der Waals surface area contributed by atoms with Crippen LogP contribution in [-0.2, 0) is 9.59 Å². The first kappa shape index (κ1) is 22.3. The standard InChI is InChI=1S/C24H29N3O4/c1-15(2)22(26-23(29)17-8-5-7-16(3)13-17)24(30)25-18-10-11-19(20(14-18)31-4)27-12-6-9-21(27)28/h5,7-8,10-11,13-15,22H,6,9,12H2,1-4H3,(H,25,30)(H,26,29)/t22-/m0/s1. The lowest BCUT2D eigenvalue weighted by Crippen LogP contribution is -2.47. The van der Waals surface area contributed by atoms with Crippen LogP contribution >= 0.6 is 0 Å². The second-order valence-electron chi connectivity index (χ2n) is 8.09. The number of methoxy groups -OCH3 is 1. The van der Waals surface area contributed by atoms with Gasteiger partial charge in [0.2, 0.25) is 11.8 Å². The summed E-state index contributed by atoms with van der Waals surface area (Å²) >= 11 is 0. The predicted molar refractivity (Wildman–Crippen MR) is 120 cm³/mol. The number of nitrogens with zero attached hydrogens (tertiary/aromatic N) is 1. The van der Waals surface area contributed by atoms with Crippen LogP contribution in [0.15, 0.2) is 42.5 Å². The summed E-state index contributed by atoms with van der Waals surface area (Å²) < 4.78 is 5.45. The van der Waals surface area contributed by atoms with Crippen molar-refractivity contribution in [2.45, 2.75) is 39.7 Å². The molecule has 7 heteroatoms. The summed E-state index contributed by atoms with van der Waals surface area (Å²) in [6.45, 7) is 6.32. The van der Waals surface area contributed by atoms with Crippen LogP contribution < -0.4 is 20.3 Å². The van der Waals surface area contributed by atoms with Crippen molar-refractivity contribution in [3.05, 3.63) is 53.6 Å². The molecule has 1 atom stereocenters. The Morgan fingerprint density at radius 3 is 2.52 bits per heavy atom. The molecule has 0 spiro atoms. The number of rotatable bonds is 7. The number of hydrogen-bond acceptors (Lipinski definition) is 4. The number of ether oxygens (including phenoxy) is 1. The number of carbonyl (C=O) groups is 3. The lowest BCUT2D eigenvalue weighted by molar-refractivity contribution is -0.119. The highest BCUT2D eigenvalue weighted by Gasteiger charge is 2.27. The number of anilines is 2. The molecule has 2 aromatic carbocycles. The van der Waals surface area contributed by atoms with Crippen molar-refractivity contribution >= 4 is 29.1 Å². The molecule has 0 radical (unpaired) electrons. The number of aryl methyl sites for hydroxylation is 1. The second kappa shape index (κ2) is 9.64. The van der Waals surface area contributed by atoms with Crippen LogP contribution in [0.3, 0.4) is 0 Å². The molecule has 1 fully saturated rings. The van der Waals surface area contributed by atoms with E-state index in [-0.39, 0.29) is 23.6 Å². The van der Waals surface area contributed by atoms with Crippen LogP contribution in [0, 0.1) is 12.8 Å². The smallest absolute Gasteiger partial charge is 0.251 e. The number of benzene rings is 2. The van der Waals surface area contributed by atoms with Crippen LogP contribution in [0.5, 0.6) is 5.75 Å². The first-order valence-corrected chi connectivity index (χ1v) is 10.5. The average Bonchev–Trinajstić information content (AvgIpc) is 3.17. The van der Waals surface area contributed by atoms with Gasteiger partial charge in [0.15, 0.2) is 0 Å². The molecular formula is C24H29N3O4. The van der Waals surface area contributed by atoms with Gasteiger partial charge in [-0.2, -0.15) is 0 Å². The van der Waals surface area contributed by atoms with Gasteiger partial charge in [-0.15, -0.1) is 0 Å². The highest BCUT2D eigenvalue weighted by atomic mass is 16.5. The van der Waals surface area contributed by atoms with Crippen LogP contribution in [0.4, 0.5) is 11.4 Å². The average molecular weight is 424 g/mol. The van der Waals surface area contributed by atoms with Gasteiger partial charge in [-0.1, -0.05) is 31.5 Å². The summed E-state index contributed by atoms with van der Waals surface area (Å²) in [6, 6.07) is 11.7. The van der Waals surface area contributed by atoms with Gasteiger partial charge in [-0.3, -0.25) is 14.4 Å². The summed E-state index contributed by atoms with van der Waals surface area (Å²) in [5, 5.41) is 5.69. The molecule has 0 bridgehead atoms. The molecule has 1 saturated heterocycles. The van der Waals surface area contributed by atoms with Crippen molar-refractivity contribution in [1.82, 2.24) is 5.32 Å². The van der Waals surface area contributed by atoms with E-state index in [4.69, 9.17) is 4.74 Å². The highest BCUT2D eigenvalue weighted by Crippen LogP contribution is 2.34. The molecule has 31 heavy (non-hydrogen) atoms. The van der Waals surface area contributed by atoms with E-state index in [9.17, 15) is 14.4 Å². The van der Waals surface area contributed by atoms with Crippen molar-refractivity contribution < 1.29 is 19.1 Å². The van der Waals surface area contributed by atoms with Crippen LogP contribution in [0.1, 0.15) is 42.6 Å². The summed E-state index contributed by atoms with van der Waals surface area (Å²) in [6.07, 6.45) is 1.34. The molecule has 3 rings (SSSR count).